The normalized spacial score (nSPS) is 12.3. The number of hydrogen-bond acceptors (Lipinski definition) is 5. The maximum atomic E-state index is 11.8. The molecule has 0 saturated carbocycles. The van der Waals surface area contributed by atoms with Crippen molar-refractivity contribution in [2.75, 3.05) is 0 Å². The van der Waals surface area contributed by atoms with Crippen LogP contribution in [0.3, 0.4) is 0 Å². The Morgan fingerprint density at radius 2 is 2.00 bits per heavy atom. The fourth-order valence-electron chi connectivity index (χ4n) is 1.57. The Hall–Kier alpha value is -2.18. The number of nitrogens with zero attached hydrogens (tertiary/aromatic N) is 2. The molecule has 0 amide bonds. The van der Waals surface area contributed by atoms with E-state index in [1.165, 1.54) is 13.8 Å². The molecule has 19 heavy (non-hydrogen) atoms. The van der Waals surface area contributed by atoms with Crippen LogP contribution in [0.2, 0.25) is 0 Å². The fourth-order valence-corrected chi connectivity index (χ4v) is 1.57. The molecule has 1 unspecified atom stereocenters. The minimum atomic E-state index is -0.908. The van der Waals surface area contributed by atoms with Crippen LogP contribution >= 0.6 is 0 Å². The van der Waals surface area contributed by atoms with E-state index >= 15 is 0 Å². The lowest BCUT2D eigenvalue weighted by atomic mass is 10.2. The first-order valence-electron chi connectivity index (χ1n) is 5.81. The molecule has 1 atom stereocenters. The molecule has 0 N–H and O–H groups in total. The van der Waals surface area contributed by atoms with Crippen LogP contribution in [-0.2, 0) is 9.53 Å². The van der Waals surface area contributed by atoms with Crippen molar-refractivity contribution < 1.29 is 14.5 Å². The van der Waals surface area contributed by atoms with Crippen molar-refractivity contribution in [3.63, 3.8) is 0 Å². The zero-order valence-electron chi connectivity index (χ0n) is 11.2. The van der Waals surface area contributed by atoms with Crippen molar-refractivity contribution in [2.45, 2.75) is 39.8 Å². The summed E-state index contributed by atoms with van der Waals surface area (Å²) in [4.78, 5) is 33.7. The van der Waals surface area contributed by atoms with E-state index in [4.69, 9.17) is 4.74 Å². The van der Waals surface area contributed by atoms with E-state index in [9.17, 15) is 19.7 Å². The maximum Gasteiger partial charge on any atom is 0.329 e. The van der Waals surface area contributed by atoms with Crippen molar-refractivity contribution >= 4 is 11.7 Å². The molecule has 0 aromatic carbocycles. The van der Waals surface area contributed by atoms with Gasteiger partial charge in [-0.2, -0.15) is 0 Å². The van der Waals surface area contributed by atoms with Gasteiger partial charge in [0.15, 0.2) is 0 Å². The number of rotatable bonds is 4. The van der Waals surface area contributed by atoms with Gasteiger partial charge in [-0.3, -0.25) is 19.5 Å². The van der Waals surface area contributed by atoms with Crippen LogP contribution in [0.15, 0.2) is 17.1 Å². The molecule has 0 spiro atoms. The first-order valence-corrected chi connectivity index (χ1v) is 5.81. The standard InChI is InChI=1S/C12H16N2O5/c1-7(2)19-12(16)9(4)13-6-10(14(17)18)8(3)5-11(13)15/h5-7,9H,1-4H3. The molecule has 1 rings (SSSR count). The Morgan fingerprint density at radius 1 is 1.42 bits per heavy atom. The number of hydrogen-bond donors (Lipinski definition) is 0. The molecule has 0 saturated heterocycles. The Bertz CT molecular complexity index is 562. The quantitative estimate of drug-likeness (QED) is 0.469. The summed E-state index contributed by atoms with van der Waals surface area (Å²) in [6.45, 7) is 6.31. The van der Waals surface area contributed by atoms with E-state index < -0.39 is 22.5 Å². The largest absolute Gasteiger partial charge is 0.461 e. The summed E-state index contributed by atoms with van der Waals surface area (Å²) < 4.78 is 5.99. The van der Waals surface area contributed by atoms with E-state index in [2.05, 4.69) is 0 Å². The molecule has 7 nitrogen and oxygen atoms in total. The summed E-state index contributed by atoms with van der Waals surface area (Å²) in [5, 5.41) is 10.8. The Kier molecular flexibility index (Phi) is 4.42. The number of pyridine rings is 1. The lowest BCUT2D eigenvalue weighted by Crippen LogP contribution is -2.30. The molecule has 0 fully saturated rings. The minimum Gasteiger partial charge on any atom is -0.461 e. The van der Waals surface area contributed by atoms with E-state index in [1.807, 2.05) is 0 Å². The summed E-state index contributed by atoms with van der Waals surface area (Å²) in [6, 6.07) is 0.228. The van der Waals surface area contributed by atoms with Gasteiger partial charge in [-0.25, -0.2) is 4.79 Å². The van der Waals surface area contributed by atoms with Crippen molar-refractivity contribution in [1.82, 2.24) is 4.57 Å². The highest BCUT2D eigenvalue weighted by atomic mass is 16.6. The predicted octanol–water partition coefficient (Wildman–Crippen LogP) is 1.58. The third kappa shape index (κ3) is 3.40. The molecule has 1 aromatic heterocycles. The molecule has 0 bridgehead atoms. The van der Waals surface area contributed by atoms with Crippen molar-refractivity contribution in [3.8, 4) is 0 Å². The van der Waals surface area contributed by atoms with Crippen LogP contribution in [-0.4, -0.2) is 21.6 Å². The van der Waals surface area contributed by atoms with Gasteiger partial charge in [-0.15, -0.1) is 0 Å². The van der Waals surface area contributed by atoms with Gasteiger partial charge >= 0.3 is 5.97 Å². The van der Waals surface area contributed by atoms with Gasteiger partial charge in [-0.05, 0) is 27.7 Å². The van der Waals surface area contributed by atoms with E-state index in [0.717, 1.165) is 16.8 Å². The number of ether oxygens (including phenoxy) is 1. The third-order valence-corrected chi connectivity index (χ3v) is 2.57. The second-order valence-electron chi connectivity index (χ2n) is 4.51. The Labute approximate surface area is 110 Å². The zero-order valence-corrected chi connectivity index (χ0v) is 11.2. The van der Waals surface area contributed by atoms with Gasteiger partial charge in [0.2, 0.25) is 0 Å². The predicted molar refractivity (Wildman–Crippen MR) is 68.0 cm³/mol. The lowest BCUT2D eigenvalue weighted by Gasteiger charge is -2.16. The number of nitro groups is 1. The molecule has 1 aromatic rings. The maximum absolute atomic E-state index is 11.8. The summed E-state index contributed by atoms with van der Waals surface area (Å²) in [5.74, 6) is -0.602. The molecule has 0 aliphatic heterocycles. The van der Waals surface area contributed by atoms with E-state index in [0.29, 0.717) is 0 Å². The van der Waals surface area contributed by atoms with Crippen molar-refractivity contribution in [3.05, 3.63) is 38.3 Å². The second kappa shape index (κ2) is 5.64. The van der Waals surface area contributed by atoms with Gasteiger partial charge in [0.1, 0.15) is 6.04 Å². The van der Waals surface area contributed by atoms with E-state index in [-0.39, 0.29) is 17.4 Å². The monoisotopic (exact) mass is 268 g/mol. The number of aryl methyl sites for hydroxylation is 1. The van der Waals surface area contributed by atoms with Crippen molar-refractivity contribution in [1.29, 1.82) is 0 Å². The minimum absolute atomic E-state index is 0.205. The van der Waals surface area contributed by atoms with Gasteiger partial charge < -0.3 is 4.74 Å². The van der Waals surface area contributed by atoms with E-state index in [1.54, 1.807) is 13.8 Å². The number of carbonyl (C=O) groups is 1. The molecule has 104 valence electrons. The SMILES string of the molecule is Cc1cc(=O)n(C(C)C(=O)OC(C)C)cc1[N+](=O)[O-]. The molecule has 1 heterocycles. The number of carbonyl (C=O) groups excluding carboxylic acids is 1. The fraction of sp³-hybridized carbons (Fsp3) is 0.500. The first-order chi connectivity index (χ1) is 8.73. The summed E-state index contributed by atoms with van der Waals surface area (Å²) in [5.41, 5.74) is -0.421. The highest BCUT2D eigenvalue weighted by Crippen LogP contribution is 2.17. The van der Waals surface area contributed by atoms with Gasteiger partial charge in [-0.1, -0.05) is 0 Å². The van der Waals surface area contributed by atoms with Gasteiger partial charge in [0.25, 0.3) is 11.2 Å². The lowest BCUT2D eigenvalue weighted by molar-refractivity contribution is -0.386. The second-order valence-corrected chi connectivity index (χ2v) is 4.51. The van der Waals surface area contributed by atoms with Gasteiger partial charge in [0, 0.05) is 11.6 Å². The first kappa shape index (κ1) is 14.9. The molecular weight excluding hydrogens is 252 g/mol. The Morgan fingerprint density at radius 3 is 2.47 bits per heavy atom. The molecule has 7 heteroatoms. The molecule has 0 aliphatic rings. The molecule has 0 radical (unpaired) electrons. The molecule has 0 aliphatic carbocycles. The van der Waals surface area contributed by atoms with Crippen LogP contribution < -0.4 is 5.56 Å². The van der Waals surface area contributed by atoms with Gasteiger partial charge in [0.05, 0.1) is 17.2 Å². The third-order valence-electron chi connectivity index (χ3n) is 2.57. The smallest absolute Gasteiger partial charge is 0.329 e. The van der Waals surface area contributed by atoms with Crippen LogP contribution in [0, 0.1) is 17.0 Å². The average Bonchev–Trinajstić information content (AvgIpc) is 2.26. The van der Waals surface area contributed by atoms with Crippen LogP contribution in [0.5, 0.6) is 0 Å². The highest BCUT2D eigenvalue weighted by Gasteiger charge is 2.22. The molecular formula is C12H16N2O5. The highest BCUT2D eigenvalue weighted by molar-refractivity contribution is 5.74. The Balaban J connectivity index is 3.20. The van der Waals surface area contributed by atoms with Crippen LogP contribution in [0.25, 0.3) is 0 Å². The zero-order chi connectivity index (χ0) is 14.7. The summed E-state index contributed by atoms with van der Waals surface area (Å²) >= 11 is 0. The number of aromatic nitrogens is 1. The topological polar surface area (TPSA) is 91.4 Å². The van der Waals surface area contributed by atoms with Crippen molar-refractivity contribution in [2.24, 2.45) is 0 Å². The number of esters is 1. The summed E-state index contributed by atoms with van der Waals surface area (Å²) in [7, 11) is 0. The summed E-state index contributed by atoms with van der Waals surface area (Å²) in [6.07, 6.45) is 0.760. The average molecular weight is 268 g/mol. The van der Waals surface area contributed by atoms with Crippen LogP contribution in [0.1, 0.15) is 32.4 Å². The van der Waals surface area contributed by atoms with Crippen LogP contribution in [0.4, 0.5) is 5.69 Å².